The number of amides is 2. The summed E-state index contributed by atoms with van der Waals surface area (Å²) < 4.78 is 0.899. The van der Waals surface area contributed by atoms with E-state index >= 15 is 0 Å². The van der Waals surface area contributed by atoms with E-state index in [1.165, 1.54) is 11.3 Å². The summed E-state index contributed by atoms with van der Waals surface area (Å²) >= 11 is 7.22. The lowest BCUT2D eigenvalue weighted by molar-refractivity contribution is -0.116. The molecule has 0 bridgehead atoms. The lowest BCUT2D eigenvalue weighted by Gasteiger charge is -2.05. The Balaban J connectivity index is 1.69. The summed E-state index contributed by atoms with van der Waals surface area (Å²) in [5.41, 5.74) is 2.38. The Kier molecular flexibility index (Phi) is 5.31. The molecule has 0 atom stereocenters. The number of hydrogen-bond acceptors (Lipinski definition) is 4. The Hall–Kier alpha value is -2.44. The summed E-state index contributed by atoms with van der Waals surface area (Å²) in [5.74, 6) is -0.179. The van der Waals surface area contributed by atoms with Gasteiger partial charge in [0.2, 0.25) is 11.8 Å². The molecular formula is C18H16ClN3O2S. The quantitative estimate of drug-likeness (QED) is 0.692. The number of anilines is 2. The molecule has 2 aromatic carbocycles. The van der Waals surface area contributed by atoms with E-state index in [0.717, 1.165) is 15.8 Å². The van der Waals surface area contributed by atoms with E-state index in [4.69, 9.17) is 11.6 Å². The van der Waals surface area contributed by atoms with E-state index in [-0.39, 0.29) is 18.2 Å². The zero-order valence-corrected chi connectivity index (χ0v) is 15.1. The van der Waals surface area contributed by atoms with Crippen LogP contribution in [0.4, 0.5) is 10.8 Å². The fourth-order valence-electron chi connectivity index (χ4n) is 2.26. The SMILES string of the molecule is CCC(=O)Nc1nc2ccc(NC(=O)Cc3ccc(Cl)cc3)cc2s1. The van der Waals surface area contributed by atoms with E-state index in [0.29, 0.717) is 22.3 Å². The van der Waals surface area contributed by atoms with Crippen molar-refractivity contribution in [1.82, 2.24) is 4.98 Å². The highest BCUT2D eigenvalue weighted by Gasteiger charge is 2.09. The second kappa shape index (κ2) is 7.63. The van der Waals surface area contributed by atoms with Gasteiger partial charge >= 0.3 is 0 Å². The largest absolute Gasteiger partial charge is 0.326 e. The van der Waals surface area contributed by atoms with Crippen LogP contribution in [0.25, 0.3) is 10.2 Å². The van der Waals surface area contributed by atoms with Gasteiger partial charge in [-0.25, -0.2) is 4.98 Å². The van der Waals surface area contributed by atoms with Crippen LogP contribution in [-0.2, 0) is 16.0 Å². The smallest absolute Gasteiger partial charge is 0.228 e. The molecule has 3 rings (SSSR count). The summed E-state index contributed by atoms with van der Waals surface area (Å²) in [6.45, 7) is 1.79. The molecule has 0 saturated heterocycles. The molecule has 3 aromatic rings. The fourth-order valence-corrected chi connectivity index (χ4v) is 3.30. The molecular weight excluding hydrogens is 358 g/mol. The van der Waals surface area contributed by atoms with Gasteiger partial charge in [0.05, 0.1) is 16.6 Å². The van der Waals surface area contributed by atoms with Crippen molar-refractivity contribution in [3.8, 4) is 0 Å². The normalized spacial score (nSPS) is 10.6. The highest BCUT2D eigenvalue weighted by molar-refractivity contribution is 7.22. The number of benzene rings is 2. The van der Waals surface area contributed by atoms with Crippen molar-refractivity contribution in [3.63, 3.8) is 0 Å². The molecule has 2 amide bonds. The summed E-state index contributed by atoms with van der Waals surface area (Å²) in [6, 6.07) is 12.7. The van der Waals surface area contributed by atoms with Crippen molar-refractivity contribution in [2.45, 2.75) is 19.8 Å². The Morgan fingerprint density at radius 1 is 1.08 bits per heavy atom. The third-order valence-electron chi connectivity index (χ3n) is 3.52. The van der Waals surface area contributed by atoms with Crippen molar-refractivity contribution in [3.05, 3.63) is 53.1 Å². The molecule has 25 heavy (non-hydrogen) atoms. The van der Waals surface area contributed by atoms with Gasteiger partial charge in [-0.15, -0.1) is 0 Å². The van der Waals surface area contributed by atoms with Crippen LogP contribution >= 0.6 is 22.9 Å². The number of carbonyl (C=O) groups excluding carboxylic acids is 2. The van der Waals surface area contributed by atoms with Crippen molar-refractivity contribution in [1.29, 1.82) is 0 Å². The molecule has 0 aliphatic heterocycles. The minimum atomic E-state index is -0.106. The van der Waals surface area contributed by atoms with Gasteiger partial charge in [-0.1, -0.05) is 42.0 Å². The van der Waals surface area contributed by atoms with Gasteiger partial charge in [-0.2, -0.15) is 0 Å². The van der Waals surface area contributed by atoms with Crippen LogP contribution in [0.1, 0.15) is 18.9 Å². The molecule has 0 aliphatic carbocycles. The maximum Gasteiger partial charge on any atom is 0.228 e. The molecule has 0 spiro atoms. The molecule has 7 heteroatoms. The van der Waals surface area contributed by atoms with Crippen molar-refractivity contribution >= 4 is 55.8 Å². The first kappa shape index (κ1) is 17.4. The highest BCUT2D eigenvalue weighted by atomic mass is 35.5. The average Bonchev–Trinajstić information content (AvgIpc) is 2.98. The van der Waals surface area contributed by atoms with Crippen LogP contribution in [-0.4, -0.2) is 16.8 Å². The number of nitrogens with zero attached hydrogens (tertiary/aromatic N) is 1. The molecule has 0 saturated carbocycles. The van der Waals surface area contributed by atoms with E-state index in [1.807, 2.05) is 24.3 Å². The van der Waals surface area contributed by atoms with Gasteiger partial charge in [0.15, 0.2) is 5.13 Å². The Bertz CT molecular complexity index is 922. The summed E-state index contributed by atoms with van der Waals surface area (Å²) in [6.07, 6.45) is 0.678. The summed E-state index contributed by atoms with van der Waals surface area (Å²) in [7, 11) is 0. The van der Waals surface area contributed by atoms with Crippen molar-refractivity contribution in [2.24, 2.45) is 0 Å². The number of thiazole rings is 1. The fraction of sp³-hybridized carbons (Fsp3) is 0.167. The third kappa shape index (κ3) is 4.55. The topological polar surface area (TPSA) is 71.1 Å². The molecule has 0 fully saturated rings. The van der Waals surface area contributed by atoms with E-state index < -0.39 is 0 Å². The lowest BCUT2D eigenvalue weighted by Crippen LogP contribution is -2.14. The van der Waals surface area contributed by atoms with Gasteiger partial charge in [-0.05, 0) is 35.9 Å². The molecule has 2 N–H and O–H groups in total. The minimum absolute atomic E-state index is 0.0736. The summed E-state index contributed by atoms with van der Waals surface area (Å²) in [4.78, 5) is 28.0. The number of fused-ring (bicyclic) bond motifs is 1. The first-order valence-corrected chi connectivity index (χ1v) is 8.97. The standard InChI is InChI=1S/C18H16ClN3O2S/c1-2-16(23)22-18-21-14-8-7-13(10-15(14)25-18)20-17(24)9-11-3-5-12(19)6-4-11/h3-8,10H,2,9H2,1H3,(H,20,24)(H,21,22,23). The number of rotatable bonds is 5. The minimum Gasteiger partial charge on any atom is -0.326 e. The molecule has 0 unspecified atom stereocenters. The highest BCUT2D eigenvalue weighted by Crippen LogP contribution is 2.28. The second-order valence-corrected chi connectivity index (χ2v) is 6.92. The number of aromatic nitrogens is 1. The Labute approximate surface area is 154 Å². The maximum absolute atomic E-state index is 12.2. The van der Waals surface area contributed by atoms with Gasteiger partial charge in [0.1, 0.15) is 0 Å². The second-order valence-electron chi connectivity index (χ2n) is 5.45. The monoisotopic (exact) mass is 373 g/mol. The average molecular weight is 374 g/mol. The zero-order valence-electron chi connectivity index (χ0n) is 13.5. The molecule has 0 aliphatic rings. The molecule has 1 aromatic heterocycles. The van der Waals surface area contributed by atoms with Gasteiger partial charge in [-0.3, -0.25) is 9.59 Å². The van der Waals surface area contributed by atoms with Crippen molar-refractivity contribution in [2.75, 3.05) is 10.6 Å². The van der Waals surface area contributed by atoms with Gasteiger partial charge in [0, 0.05) is 17.1 Å². The van der Waals surface area contributed by atoms with E-state index in [9.17, 15) is 9.59 Å². The van der Waals surface area contributed by atoms with Crippen molar-refractivity contribution < 1.29 is 9.59 Å². The van der Waals surface area contributed by atoms with Crippen LogP contribution in [0, 0.1) is 0 Å². The van der Waals surface area contributed by atoms with Crippen LogP contribution in [0.15, 0.2) is 42.5 Å². The molecule has 0 radical (unpaired) electrons. The van der Waals surface area contributed by atoms with Crippen LogP contribution in [0.2, 0.25) is 5.02 Å². The van der Waals surface area contributed by atoms with E-state index in [1.54, 1.807) is 25.1 Å². The van der Waals surface area contributed by atoms with Crippen LogP contribution in [0.5, 0.6) is 0 Å². The molecule has 128 valence electrons. The Morgan fingerprint density at radius 2 is 1.84 bits per heavy atom. The van der Waals surface area contributed by atoms with Gasteiger partial charge in [0.25, 0.3) is 0 Å². The van der Waals surface area contributed by atoms with E-state index in [2.05, 4.69) is 15.6 Å². The summed E-state index contributed by atoms with van der Waals surface area (Å²) in [5, 5.41) is 6.83. The Morgan fingerprint density at radius 3 is 2.56 bits per heavy atom. The predicted molar refractivity (Wildman–Crippen MR) is 102 cm³/mol. The number of hydrogen-bond donors (Lipinski definition) is 2. The zero-order chi connectivity index (χ0) is 17.8. The molecule has 1 heterocycles. The van der Waals surface area contributed by atoms with Crippen LogP contribution in [0.3, 0.4) is 0 Å². The predicted octanol–water partition coefficient (Wildman–Crippen LogP) is 4.48. The van der Waals surface area contributed by atoms with Crippen LogP contribution < -0.4 is 10.6 Å². The third-order valence-corrected chi connectivity index (χ3v) is 4.70. The number of halogens is 1. The first-order chi connectivity index (χ1) is 12.0. The lowest BCUT2D eigenvalue weighted by atomic mass is 10.1. The first-order valence-electron chi connectivity index (χ1n) is 7.78. The molecule has 5 nitrogen and oxygen atoms in total. The maximum atomic E-state index is 12.2. The number of carbonyl (C=O) groups is 2. The van der Waals surface area contributed by atoms with Gasteiger partial charge < -0.3 is 10.6 Å². The number of nitrogens with one attached hydrogen (secondary N) is 2.